The van der Waals surface area contributed by atoms with Crippen LogP contribution >= 0.6 is 0 Å². The van der Waals surface area contributed by atoms with Gasteiger partial charge in [-0.3, -0.25) is 0 Å². The van der Waals surface area contributed by atoms with Crippen LogP contribution in [-0.2, 0) is 31.8 Å². The number of hydrogen-bond acceptors (Lipinski definition) is 7. The van der Waals surface area contributed by atoms with Gasteiger partial charge in [0.05, 0.1) is 19.8 Å². The van der Waals surface area contributed by atoms with Gasteiger partial charge in [-0.25, -0.2) is 9.59 Å². The lowest BCUT2D eigenvalue weighted by atomic mass is 9.83. The fourth-order valence-corrected chi connectivity index (χ4v) is 5.18. The highest BCUT2D eigenvalue weighted by atomic mass is 16.7. The summed E-state index contributed by atoms with van der Waals surface area (Å²) < 4.78 is 21.2. The molecule has 1 fully saturated rings. The highest BCUT2D eigenvalue weighted by Gasteiger charge is 2.39. The Balaban J connectivity index is 2.13. The number of methoxy groups -OCH3 is 1. The van der Waals surface area contributed by atoms with Crippen molar-refractivity contribution in [2.24, 2.45) is 11.8 Å². The monoisotopic (exact) mass is 492 g/mol. The van der Waals surface area contributed by atoms with Crippen LogP contribution in [0.5, 0.6) is 5.75 Å². The first kappa shape index (κ1) is 29.0. The van der Waals surface area contributed by atoms with Crippen LogP contribution in [0.25, 0.3) is 0 Å². The van der Waals surface area contributed by atoms with Crippen LogP contribution in [0, 0.1) is 11.8 Å². The third kappa shape index (κ3) is 9.36. The first-order valence-electron chi connectivity index (χ1n) is 13.2. The summed E-state index contributed by atoms with van der Waals surface area (Å²) in [5, 5.41) is 10.5. The summed E-state index contributed by atoms with van der Waals surface area (Å²) in [5.41, 5.74) is 2.27. The molecule has 1 saturated carbocycles. The second kappa shape index (κ2) is 15.7. The van der Waals surface area contributed by atoms with Gasteiger partial charge >= 0.3 is 12.1 Å². The van der Waals surface area contributed by atoms with Crippen molar-refractivity contribution in [3.05, 3.63) is 29.3 Å². The number of aliphatic hydroxyl groups is 1. The van der Waals surface area contributed by atoms with Crippen LogP contribution in [0.3, 0.4) is 0 Å². The van der Waals surface area contributed by atoms with E-state index in [1.54, 1.807) is 6.92 Å². The lowest BCUT2D eigenvalue weighted by Gasteiger charge is -2.26. The Labute approximate surface area is 210 Å². The maximum absolute atomic E-state index is 12.1. The molecule has 7 nitrogen and oxygen atoms in total. The van der Waals surface area contributed by atoms with Gasteiger partial charge in [-0.2, -0.15) is 0 Å². The van der Waals surface area contributed by atoms with E-state index in [2.05, 4.69) is 19.9 Å². The maximum Gasteiger partial charge on any atom is 0.508 e. The van der Waals surface area contributed by atoms with Crippen LogP contribution in [0.15, 0.2) is 18.2 Å². The molecule has 35 heavy (non-hydrogen) atoms. The van der Waals surface area contributed by atoms with E-state index in [1.165, 1.54) is 12.7 Å². The molecule has 0 saturated heterocycles. The zero-order valence-corrected chi connectivity index (χ0v) is 21.9. The number of benzene rings is 1. The third-order valence-electron chi connectivity index (χ3n) is 7.03. The third-order valence-corrected chi connectivity index (χ3v) is 7.03. The summed E-state index contributed by atoms with van der Waals surface area (Å²) >= 11 is 0. The molecule has 0 amide bonds. The topological polar surface area (TPSA) is 91.3 Å². The van der Waals surface area contributed by atoms with Crippen LogP contribution in [-0.4, -0.2) is 49.8 Å². The van der Waals surface area contributed by atoms with Crippen molar-refractivity contribution < 1.29 is 33.6 Å². The van der Waals surface area contributed by atoms with Gasteiger partial charge in [0, 0.05) is 0 Å². The van der Waals surface area contributed by atoms with Crippen molar-refractivity contribution >= 4 is 12.1 Å². The number of esters is 1. The van der Waals surface area contributed by atoms with Crippen LogP contribution in [0.4, 0.5) is 4.79 Å². The average Bonchev–Trinajstić information content (AvgIpc) is 3.22. The average molecular weight is 493 g/mol. The minimum Gasteiger partial charge on any atom is -0.482 e. The van der Waals surface area contributed by atoms with Crippen LogP contribution < -0.4 is 4.74 Å². The molecule has 0 heterocycles. The zero-order valence-electron chi connectivity index (χ0n) is 21.9. The SMILES string of the molecule is CCCCC[C@H](O)CC[C@@H]1[C@@H](Cc2cccc(OCC(=O)OC)c2CC)CC[C@H]1OC(=O)OCC. The molecule has 0 aliphatic heterocycles. The van der Waals surface area contributed by atoms with Crippen molar-refractivity contribution in [2.75, 3.05) is 20.3 Å². The van der Waals surface area contributed by atoms with E-state index in [9.17, 15) is 14.7 Å². The fourth-order valence-electron chi connectivity index (χ4n) is 5.18. The Kier molecular flexibility index (Phi) is 13.0. The summed E-state index contributed by atoms with van der Waals surface area (Å²) in [6.45, 7) is 6.17. The Morgan fingerprint density at radius 3 is 2.60 bits per heavy atom. The maximum atomic E-state index is 12.1. The Bertz CT molecular complexity index is 779. The summed E-state index contributed by atoms with van der Waals surface area (Å²) in [5.74, 6) is 0.767. The Morgan fingerprint density at radius 1 is 1.11 bits per heavy atom. The van der Waals surface area contributed by atoms with Gasteiger partial charge in [0.2, 0.25) is 0 Å². The zero-order chi connectivity index (χ0) is 25.6. The van der Waals surface area contributed by atoms with E-state index >= 15 is 0 Å². The largest absolute Gasteiger partial charge is 0.508 e. The standard InChI is InChI=1S/C28H44O7/c1-5-8-9-12-22(29)15-16-24-21(14-17-26(24)35-28(31)33-7-3)18-20-11-10-13-25(23(20)6-2)34-19-27(30)32-4/h10-11,13,21-22,24,26,29H,5-9,12,14-19H2,1-4H3/t21-,22+,24-,26-/m1/s1. The molecule has 2 rings (SSSR count). The number of aliphatic hydroxyl groups excluding tert-OH is 1. The van der Waals surface area contributed by atoms with Gasteiger partial charge in [-0.1, -0.05) is 45.2 Å². The van der Waals surface area contributed by atoms with E-state index < -0.39 is 12.1 Å². The van der Waals surface area contributed by atoms with Crippen molar-refractivity contribution in [3.8, 4) is 5.75 Å². The first-order valence-corrected chi connectivity index (χ1v) is 13.2. The number of rotatable bonds is 15. The van der Waals surface area contributed by atoms with Gasteiger partial charge < -0.3 is 24.1 Å². The highest BCUT2D eigenvalue weighted by molar-refractivity contribution is 5.71. The summed E-state index contributed by atoms with van der Waals surface area (Å²) in [6, 6.07) is 5.95. The van der Waals surface area contributed by atoms with Gasteiger partial charge in [-0.15, -0.1) is 0 Å². The molecule has 0 spiro atoms. The number of carbonyl (C=O) groups is 2. The normalized spacial score (nSPS) is 20.3. The second-order valence-corrected chi connectivity index (χ2v) is 9.38. The number of unbranched alkanes of at least 4 members (excludes halogenated alkanes) is 2. The molecule has 7 heteroatoms. The number of hydrogen-bond donors (Lipinski definition) is 1. The number of carbonyl (C=O) groups excluding carboxylic acids is 2. The molecule has 1 aromatic rings. The fraction of sp³-hybridized carbons (Fsp3) is 0.714. The molecule has 0 unspecified atom stereocenters. The van der Waals surface area contributed by atoms with Crippen molar-refractivity contribution in [1.82, 2.24) is 0 Å². The van der Waals surface area contributed by atoms with Gasteiger partial charge in [0.25, 0.3) is 0 Å². The minimum atomic E-state index is -0.612. The smallest absolute Gasteiger partial charge is 0.482 e. The predicted octanol–water partition coefficient (Wildman–Crippen LogP) is 5.63. The summed E-state index contributed by atoms with van der Waals surface area (Å²) in [6.07, 6.45) is 7.83. The molecule has 1 aromatic carbocycles. The molecule has 1 N–H and O–H groups in total. The lowest BCUT2D eigenvalue weighted by molar-refractivity contribution is -0.142. The molecule has 0 radical (unpaired) electrons. The van der Waals surface area contributed by atoms with E-state index in [4.69, 9.17) is 18.9 Å². The van der Waals surface area contributed by atoms with Crippen molar-refractivity contribution in [3.63, 3.8) is 0 Å². The Morgan fingerprint density at radius 2 is 1.91 bits per heavy atom. The molecule has 1 aliphatic carbocycles. The predicted molar refractivity (Wildman–Crippen MR) is 135 cm³/mol. The first-order chi connectivity index (χ1) is 16.9. The van der Waals surface area contributed by atoms with Crippen molar-refractivity contribution in [1.29, 1.82) is 0 Å². The summed E-state index contributed by atoms with van der Waals surface area (Å²) in [4.78, 5) is 23.6. The molecule has 198 valence electrons. The van der Waals surface area contributed by atoms with Crippen LogP contribution in [0.2, 0.25) is 0 Å². The Hall–Kier alpha value is -2.28. The molecule has 0 bridgehead atoms. The van der Waals surface area contributed by atoms with E-state index in [0.717, 1.165) is 63.4 Å². The van der Waals surface area contributed by atoms with E-state index in [0.29, 0.717) is 18.1 Å². The molecule has 1 aliphatic rings. The van der Waals surface area contributed by atoms with Gasteiger partial charge in [-0.05, 0) is 80.9 Å². The molecular formula is C28H44O7. The second-order valence-electron chi connectivity index (χ2n) is 9.38. The molecular weight excluding hydrogens is 448 g/mol. The molecule has 4 atom stereocenters. The molecule has 0 aromatic heterocycles. The number of ether oxygens (including phenoxy) is 4. The van der Waals surface area contributed by atoms with Gasteiger partial charge in [0.15, 0.2) is 6.61 Å². The minimum absolute atomic E-state index is 0.121. The van der Waals surface area contributed by atoms with Crippen molar-refractivity contribution in [2.45, 2.75) is 97.2 Å². The van der Waals surface area contributed by atoms with Gasteiger partial charge in [0.1, 0.15) is 11.9 Å². The highest BCUT2D eigenvalue weighted by Crippen LogP contribution is 2.41. The summed E-state index contributed by atoms with van der Waals surface area (Å²) in [7, 11) is 1.35. The quantitative estimate of drug-likeness (QED) is 0.250. The van der Waals surface area contributed by atoms with Crippen LogP contribution in [0.1, 0.15) is 83.3 Å². The van der Waals surface area contributed by atoms with E-state index in [-0.39, 0.29) is 31.3 Å². The lowest BCUT2D eigenvalue weighted by Crippen LogP contribution is -2.28. The van der Waals surface area contributed by atoms with E-state index in [1.807, 2.05) is 12.1 Å².